The first-order valence-corrected chi connectivity index (χ1v) is 7.43. The number of hydrogen-bond acceptors (Lipinski definition) is 3. The van der Waals surface area contributed by atoms with E-state index in [2.05, 4.69) is 16.4 Å². The second-order valence-electron chi connectivity index (χ2n) is 4.89. The Morgan fingerprint density at radius 2 is 2.11 bits per heavy atom. The molecule has 1 unspecified atom stereocenters. The van der Waals surface area contributed by atoms with Crippen LogP contribution in [0.4, 0.5) is 0 Å². The van der Waals surface area contributed by atoms with E-state index < -0.39 is 0 Å². The van der Waals surface area contributed by atoms with Gasteiger partial charge in [0.1, 0.15) is 0 Å². The molecule has 1 saturated carbocycles. The molecule has 0 bridgehead atoms. The largest absolute Gasteiger partial charge is 0.352 e. The smallest absolute Gasteiger partial charge is 0.233 e. The van der Waals surface area contributed by atoms with E-state index in [0.29, 0.717) is 6.04 Å². The SMILES string of the molecule is CC(Sc1ccc2ccccc2n1)C(=O)NC1CC1. The van der Waals surface area contributed by atoms with Gasteiger partial charge in [-0.3, -0.25) is 4.79 Å². The number of nitrogens with zero attached hydrogens (tertiary/aromatic N) is 1. The first kappa shape index (κ1) is 12.5. The third kappa shape index (κ3) is 3.07. The Morgan fingerprint density at radius 1 is 1.32 bits per heavy atom. The maximum atomic E-state index is 11.9. The molecule has 98 valence electrons. The molecule has 1 heterocycles. The van der Waals surface area contributed by atoms with Crippen molar-refractivity contribution in [3.63, 3.8) is 0 Å². The highest BCUT2D eigenvalue weighted by molar-refractivity contribution is 8.00. The van der Waals surface area contributed by atoms with Gasteiger partial charge in [-0.25, -0.2) is 4.98 Å². The minimum absolute atomic E-state index is 0.103. The summed E-state index contributed by atoms with van der Waals surface area (Å²) in [5, 5.41) is 4.95. The fourth-order valence-electron chi connectivity index (χ4n) is 1.89. The molecule has 1 fully saturated rings. The molecule has 2 aromatic rings. The molecule has 0 radical (unpaired) electrons. The average molecular weight is 272 g/mol. The molecular formula is C15H16N2OS. The molecule has 3 nitrogen and oxygen atoms in total. The highest BCUT2D eigenvalue weighted by Crippen LogP contribution is 2.25. The van der Waals surface area contributed by atoms with E-state index in [1.54, 1.807) is 0 Å². The van der Waals surface area contributed by atoms with Crippen molar-refractivity contribution in [1.29, 1.82) is 0 Å². The molecule has 3 rings (SSSR count). The summed E-state index contributed by atoms with van der Waals surface area (Å²) in [4.78, 5) is 16.5. The number of amides is 1. The van der Waals surface area contributed by atoms with Crippen molar-refractivity contribution in [3.05, 3.63) is 36.4 Å². The molecule has 19 heavy (non-hydrogen) atoms. The number of benzene rings is 1. The summed E-state index contributed by atoms with van der Waals surface area (Å²) in [6.07, 6.45) is 2.24. The Kier molecular flexibility index (Phi) is 3.42. The Balaban J connectivity index is 1.71. The predicted molar refractivity (Wildman–Crippen MR) is 78.2 cm³/mol. The number of nitrogens with one attached hydrogen (secondary N) is 1. The van der Waals surface area contributed by atoms with Crippen LogP contribution in [-0.2, 0) is 4.79 Å². The summed E-state index contributed by atoms with van der Waals surface area (Å²) in [6.45, 7) is 1.93. The van der Waals surface area contributed by atoms with E-state index >= 15 is 0 Å². The van der Waals surface area contributed by atoms with Crippen molar-refractivity contribution in [3.8, 4) is 0 Å². The van der Waals surface area contributed by atoms with Crippen LogP contribution in [0, 0.1) is 0 Å². The van der Waals surface area contributed by atoms with Crippen LogP contribution in [0.1, 0.15) is 19.8 Å². The van der Waals surface area contributed by atoms with Gasteiger partial charge in [-0.15, -0.1) is 0 Å². The summed E-state index contributed by atoms with van der Waals surface area (Å²) < 4.78 is 0. The number of rotatable bonds is 4. The van der Waals surface area contributed by atoms with Gasteiger partial charge < -0.3 is 5.32 Å². The van der Waals surface area contributed by atoms with Gasteiger partial charge >= 0.3 is 0 Å². The lowest BCUT2D eigenvalue weighted by Gasteiger charge is -2.11. The highest BCUT2D eigenvalue weighted by atomic mass is 32.2. The fraction of sp³-hybridized carbons (Fsp3) is 0.333. The standard InChI is InChI=1S/C15H16N2OS/c1-10(15(18)16-12-7-8-12)19-14-9-6-11-4-2-3-5-13(11)17-14/h2-6,9-10,12H,7-8H2,1H3,(H,16,18). The molecule has 1 atom stereocenters. The van der Waals surface area contributed by atoms with Crippen LogP contribution in [0.2, 0.25) is 0 Å². The van der Waals surface area contributed by atoms with E-state index in [4.69, 9.17) is 0 Å². The molecule has 1 aliphatic rings. The topological polar surface area (TPSA) is 42.0 Å². The van der Waals surface area contributed by atoms with E-state index in [1.165, 1.54) is 11.8 Å². The average Bonchev–Trinajstić information content (AvgIpc) is 3.22. The Bertz CT molecular complexity index is 610. The second-order valence-corrected chi connectivity index (χ2v) is 6.25. The monoisotopic (exact) mass is 272 g/mol. The summed E-state index contributed by atoms with van der Waals surface area (Å²) >= 11 is 1.51. The molecule has 0 spiro atoms. The molecular weight excluding hydrogens is 256 g/mol. The summed E-state index contributed by atoms with van der Waals surface area (Å²) in [6, 6.07) is 12.5. The zero-order valence-corrected chi connectivity index (χ0v) is 11.6. The molecule has 1 N–H and O–H groups in total. The molecule has 1 aromatic heterocycles. The molecule has 1 aliphatic carbocycles. The van der Waals surface area contributed by atoms with Crippen LogP contribution in [0.25, 0.3) is 10.9 Å². The molecule has 1 aromatic carbocycles. The number of thioether (sulfide) groups is 1. The normalized spacial score (nSPS) is 16.3. The number of carbonyl (C=O) groups is 1. The molecule has 4 heteroatoms. The summed E-state index contributed by atoms with van der Waals surface area (Å²) in [5.41, 5.74) is 0.974. The van der Waals surface area contributed by atoms with Crippen molar-refractivity contribution in [1.82, 2.24) is 10.3 Å². The van der Waals surface area contributed by atoms with Crippen LogP contribution in [0.15, 0.2) is 41.4 Å². The van der Waals surface area contributed by atoms with Gasteiger partial charge in [0, 0.05) is 11.4 Å². The van der Waals surface area contributed by atoms with Crippen LogP contribution in [0.5, 0.6) is 0 Å². The molecule has 0 saturated heterocycles. The van der Waals surface area contributed by atoms with E-state index in [0.717, 1.165) is 28.8 Å². The summed E-state index contributed by atoms with van der Waals surface area (Å²) in [5.74, 6) is 0.113. The van der Waals surface area contributed by atoms with E-state index in [-0.39, 0.29) is 11.2 Å². The van der Waals surface area contributed by atoms with Crippen molar-refractivity contribution in [2.75, 3.05) is 0 Å². The highest BCUT2D eigenvalue weighted by Gasteiger charge is 2.26. The number of carbonyl (C=O) groups excluding carboxylic acids is 1. The van der Waals surface area contributed by atoms with Gasteiger partial charge in [-0.05, 0) is 31.9 Å². The predicted octanol–water partition coefficient (Wildman–Crippen LogP) is 2.99. The fourth-order valence-corrected chi connectivity index (χ4v) is 2.73. The quantitative estimate of drug-likeness (QED) is 0.870. The van der Waals surface area contributed by atoms with Crippen molar-refractivity contribution >= 4 is 28.6 Å². The maximum absolute atomic E-state index is 11.9. The molecule has 0 aliphatic heterocycles. The van der Waals surface area contributed by atoms with Crippen molar-refractivity contribution in [2.24, 2.45) is 0 Å². The number of fused-ring (bicyclic) bond motifs is 1. The third-order valence-corrected chi connectivity index (χ3v) is 4.20. The Labute approximate surface area is 116 Å². The second kappa shape index (κ2) is 5.21. The van der Waals surface area contributed by atoms with Crippen molar-refractivity contribution in [2.45, 2.75) is 36.1 Å². The van der Waals surface area contributed by atoms with Crippen LogP contribution >= 0.6 is 11.8 Å². The van der Waals surface area contributed by atoms with Gasteiger partial charge in [-0.1, -0.05) is 36.0 Å². The van der Waals surface area contributed by atoms with Gasteiger partial charge in [0.05, 0.1) is 15.8 Å². The number of aromatic nitrogens is 1. The van der Waals surface area contributed by atoms with Gasteiger partial charge in [0.2, 0.25) is 5.91 Å². The van der Waals surface area contributed by atoms with Crippen LogP contribution < -0.4 is 5.32 Å². The lowest BCUT2D eigenvalue weighted by Crippen LogP contribution is -2.32. The van der Waals surface area contributed by atoms with Gasteiger partial charge in [-0.2, -0.15) is 0 Å². The number of para-hydroxylation sites is 1. The first-order chi connectivity index (χ1) is 9.22. The zero-order chi connectivity index (χ0) is 13.2. The van der Waals surface area contributed by atoms with E-state index in [9.17, 15) is 4.79 Å². The first-order valence-electron chi connectivity index (χ1n) is 6.55. The van der Waals surface area contributed by atoms with Crippen LogP contribution in [-0.4, -0.2) is 22.2 Å². The van der Waals surface area contributed by atoms with Gasteiger partial charge in [0.15, 0.2) is 0 Å². The minimum atomic E-state index is -0.103. The Morgan fingerprint density at radius 3 is 2.89 bits per heavy atom. The molecule has 1 amide bonds. The number of hydrogen-bond donors (Lipinski definition) is 1. The number of pyridine rings is 1. The van der Waals surface area contributed by atoms with Crippen molar-refractivity contribution < 1.29 is 4.79 Å². The van der Waals surface area contributed by atoms with Gasteiger partial charge in [0.25, 0.3) is 0 Å². The third-order valence-electron chi connectivity index (χ3n) is 3.16. The zero-order valence-electron chi connectivity index (χ0n) is 10.8. The lowest BCUT2D eigenvalue weighted by molar-refractivity contribution is -0.120. The Hall–Kier alpha value is -1.55. The van der Waals surface area contributed by atoms with E-state index in [1.807, 2.05) is 37.3 Å². The van der Waals surface area contributed by atoms with Crippen LogP contribution in [0.3, 0.4) is 0 Å². The minimum Gasteiger partial charge on any atom is -0.352 e. The maximum Gasteiger partial charge on any atom is 0.233 e. The lowest BCUT2D eigenvalue weighted by atomic mass is 10.2. The summed E-state index contributed by atoms with van der Waals surface area (Å²) in [7, 11) is 0.